The second-order valence-corrected chi connectivity index (χ2v) is 5.62. The third kappa shape index (κ3) is 2.52. The minimum Gasteiger partial charge on any atom is -0.468 e. The molecule has 0 unspecified atom stereocenters. The number of aromatic nitrogens is 1. The summed E-state index contributed by atoms with van der Waals surface area (Å²) in [7, 11) is 0. The summed E-state index contributed by atoms with van der Waals surface area (Å²) in [6, 6.07) is 12.0. The number of hydrogen-bond donors (Lipinski definition) is 1. The smallest absolute Gasteiger partial charge is 0.166 e. The van der Waals surface area contributed by atoms with Crippen molar-refractivity contribution in [3.05, 3.63) is 48.4 Å². The zero-order valence-electron chi connectivity index (χ0n) is 8.92. The maximum atomic E-state index is 5.24. The number of nitrogens with one attached hydrogen (secondary N) is 1. The van der Waals surface area contributed by atoms with E-state index in [-0.39, 0.29) is 0 Å². The average molecular weight is 262 g/mol. The Morgan fingerprint density at radius 3 is 3.00 bits per heavy atom. The molecule has 0 spiro atoms. The number of fused-ring (bicyclic) bond motifs is 1. The third-order valence-electron chi connectivity index (χ3n) is 2.26. The van der Waals surface area contributed by atoms with E-state index in [1.165, 1.54) is 4.70 Å². The van der Waals surface area contributed by atoms with E-state index in [0.29, 0.717) is 6.54 Å². The van der Waals surface area contributed by atoms with E-state index in [0.717, 1.165) is 15.6 Å². The molecule has 0 fully saturated rings. The highest BCUT2D eigenvalue weighted by molar-refractivity contribution is 7.99. The predicted octanol–water partition coefficient (Wildman–Crippen LogP) is 3.69. The third-order valence-corrected chi connectivity index (χ3v) is 4.15. The van der Waals surface area contributed by atoms with Crippen LogP contribution in [0.25, 0.3) is 10.2 Å². The summed E-state index contributed by atoms with van der Waals surface area (Å²) < 4.78 is 10.7. The lowest BCUT2D eigenvalue weighted by atomic mass is 10.3. The fourth-order valence-electron chi connectivity index (χ4n) is 1.48. The molecular weight excluding hydrogens is 252 g/mol. The summed E-state index contributed by atoms with van der Waals surface area (Å²) in [6.07, 6.45) is 1.68. The maximum absolute atomic E-state index is 5.24. The fourth-order valence-corrected chi connectivity index (χ4v) is 3.27. The van der Waals surface area contributed by atoms with Gasteiger partial charge in [0, 0.05) is 0 Å². The Labute approximate surface area is 107 Å². The number of furan rings is 1. The van der Waals surface area contributed by atoms with Gasteiger partial charge >= 0.3 is 0 Å². The van der Waals surface area contributed by atoms with Crippen LogP contribution in [0.4, 0.5) is 0 Å². The van der Waals surface area contributed by atoms with Gasteiger partial charge in [-0.25, -0.2) is 4.98 Å². The van der Waals surface area contributed by atoms with Gasteiger partial charge in [0.05, 0.1) is 23.0 Å². The minimum absolute atomic E-state index is 0.702. The van der Waals surface area contributed by atoms with Crippen LogP contribution in [-0.4, -0.2) is 4.98 Å². The Hall–Kier alpha value is -1.30. The molecule has 0 radical (unpaired) electrons. The van der Waals surface area contributed by atoms with E-state index in [4.69, 9.17) is 4.42 Å². The predicted molar refractivity (Wildman–Crippen MR) is 71.0 cm³/mol. The highest BCUT2D eigenvalue weighted by atomic mass is 32.2. The van der Waals surface area contributed by atoms with Crippen molar-refractivity contribution in [1.29, 1.82) is 0 Å². The first-order valence-electron chi connectivity index (χ1n) is 5.19. The molecule has 0 aliphatic rings. The van der Waals surface area contributed by atoms with E-state index in [1.54, 1.807) is 29.5 Å². The second-order valence-electron chi connectivity index (χ2n) is 3.45. The standard InChI is InChI=1S/C12H10N2OS2/c1-2-6-11-10(5-1)14-12(16-11)17-13-8-9-4-3-7-15-9/h1-7,13H,8H2. The van der Waals surface area contributed by atoms with Crippen molar-refractivity contribution in [2.75, 3.05) is 0 Å². The first kappa shape index (κ1) is 10.8. The summed E-state index contributed by atoms with van der Waals surface area (Å²) in [5.41, 5.74) is 1.06. The van der Waals surface area contributed by atoms with E-state index >= 15 is 0 Å². The molecule has 0 amide bonds. The lowest BCUT2D eigenvalue weighted by Gasteiger charge is -1.97. The first-order chi connectivity index (χ1) is 8.42. The summed E-state index contributed by atoms with van der Waals surface area (Å²) in [4.78, 5) is 4.52. The van der Waals surface area contributed by atoms with Gasteiger partial charge in [0.1, 0.15) is 5.76 Å². The van der Waals surface area contributed by atoms with Crippen LogP contribution >= 0.6 is 23.3 Å². The molecule has 0 atom stereocenters. The molecule has 0 aliphatic carbocycles. The van der Waals surface area contributed by atoms with Crippen molar-refractivity contribution >= 4 is 33.5 Å². The summed E-state index contributed by atoms with van der Waals surface area (Å²) in [6.45, 7) is 0.702. The van der Waals surface area contributed by atoms with Gasteiger partial charge in [0.2, 0.25) is 0 Å². The van der Waals surface area contributed by atoms with Crippen LogP contribution in [0, 0.1) is 0 Å². The van der Waals surface area contributed by atoms with Crippen LogP contribution in [-0.2, 0) is 6.54 Å². The molecule has 1 N–H and O–H groups in total. The highest BCUT2D eigenvalue weighted by Crippen LogP contribution is 2.27. The van der Waals surface area contributed by atoms with Crippen molar-refractivity contribution in [3.8, 4) is 0 Å². The van der Waals surface area contributed by atoms with Gasteiger partial charge in [-0.15, -0.1) is 11.3 Å². The largest absolute Gasteiger partial charge is 0.468 e. The van der Waals surface area contributed by atoms with Crippen molar-refractivity contribution in [2.24, 2.45) is 0 Å². The monoisotopic (exact) mass is 262 g/mol. The number of thiazole rings is 1. The van der Waals surface area contributed by atoms with Gasteiger partial charge < -0.3 is 4.42 Å². The second kappa shape index (κ2) is 4.91. The number of para-hydroxylation sites is 1. The molecular formula is C12H10N2OS2. The van der Waals surface area contributed by atoms with Gasteiger partial charge in [-0.1, -0.05) is 12.1 Å². The van der Waals surface area contributed by atoms with Crippen LogP contribution in [0.3, 0.4) is 0 Å². The molecule has 2 aromatic heterocycles. The molecule has 1 aromatic carbocycles. The SMILES string of the molecule is c1coc(CNSc2nc3ccccc3s2)c1. The van der Waals surface area contributed by atoms with Crippen LogP contribution in [0.15, 0.2) is 51.4 Å². The molecule has 0 aliphatic heterocycles. The Morgan fingerprint density at radius 1 is 1.24 bits per heavy atom. The minimum atomic E-state index is 0.702. The number of nitrogens with zero attached hydrogens (tertiary/aromatic N) is 1. The van der Waals surface area contributed by atoms with Crippen molar-refractivity contribution in [2.45, 2.75) is 10.9 Å². The molecule has 17 heavy (non-hydrogen) atoms. The van der Waals surface area contributed by atoms with Gasteiger partial charge in [-0.2, -0.15) is 0 Å². The van der Waals surface area contributed by atoms with E-state index in [9.17, 15) is 0 Å². The Kier molecular flexibility index (Phi) is 3.13. The zero-order valence-corrected chi connectivity index (χ0v) is 10.6. The Morgan fingerprint density at radius 2 is 2.18 bits per heavy atom. The molecule has 2 heterocycles. The quantitative estimate of drug-likeness (QED) is 0.728. The molecule has 5 heteroatoms. The number of benzene rings is 1. The molecule has 3 rings (SSSR count). The van der Waals surface area contributed by atoms with Gasteiger partial charge in [-0.3, -0.25) is 4.72 Å². The van der Waals surface area contributed by atoms with E-state index in [1.807, 2.05) is 30.3 Å². The van der Waals surface area contributed by atoms with Gasteiger partial charge in [0.25, 0.3) is 0 Å². The topological polar surface area (TPSA) is 38.1 Å². The average Bonchev–Trinajstić information content (AvgIpc) is 2.96. The van der Waals surface area contributed by atoms with Crippen LogP contribution in [0.1, 0.15) is 5.76 Å². The molecule has 86 valence electrons. The molecule has 0 bridgehead atoms. The summed E-state index contributed by atoms with van der Waals surface area (Å²) in [5.74, 6) is 0.929. The molecule has 3 nitrogen and oxygen atoms in total. The highest BCUT2D eigenvalue weighted by Gasteiger charge is 2.03. The normalized spacial score (nSPS) is 11.1. The van der Waals surface area contributed by atoms with Crippen LogP contribution in [0.2, 0.25) is 0 Å². The number of hydrogen-bond acceptors (Lipinski definition) is 5. The number of rotatable bonds is 4. The molecule has 0 saturated heterocycles. The van der Waals surface area contributed by atoms with Crippen molar-refractivity contribution < 1.29 is 4.42 Å². The van der Waals surface area contributed by atoms with Crippen molar-refractivity contribution in [1.82, 2.24) is 9.71 Å². The molecule has 3 aromatic rings. The lowest BCUT2D eigenvalue weighted by Crippen LogP contribution is -2.01. The van der Waals surface area contributed by atoms with Crippen LogP contribution < -0.4 is 4.72 Å². The lowest BCUT2D eigenvalue weighted by molar-refractivity contribution is 0.507. The Balaban J connectivity index is 1.65. The van der Waals surface area contributed by atoms with E-state index < -0.39 is 0 Å². The summed E-state index contributed by atoms with van der Waals surface area (Å²) >= 11 is 3.24. The van der Waals surface area contributed by atoms with Crippen LogP contribution in [0.5, 0.6) is 0 Å². The zero-order chi connectivity index (χ0) is 11.5. The Bertz CT molecular complexity index is 571. The van der Waals surface area contributed by atoms with Crippen molar-refractivity contribution in [3.63, 3.8) is 0 Å². The first-order valence-corrected chi connectivity index (χ1v) is 6.83. The summed E-state index contributed by atoms with van der Waals surface area (Å²) in [5, 5.41) is 0. The fraction of sp³-hybridized carbons (Fsp3) is 0.0833. The molecule has 0 saturated carbocycles. The van der Waals surface area contributed by atoms with Gasteiger partial charge in [0.15, 0.2) is 4.34 Å². The van der Waals surface area contributed by atoms with E-state index in [2.05, 4.69) is 15.8 Å². The maximum Gasteiger partial charge on any atom is 0.166 e. The van der Waals surface area contributed by atoms with Gasteiger partial charge in [-0.05, 0) is 36.2 Å².